The zero-order valence-electron chi connectivity index (χ0n) is 11.0. The minimum Gasteiger partial charge on any atom is -0.489 e. The van der Waals surface area contributed by atoms with Crippen LogP contribution >= 0.6 is 11.6 Å². The van der Waals surface area contributed by atoms with Gasteiger partial charge in [-0.1, -0.05) is 29.8 Å². The first-order valence-electron chi connectivity index (χ1n) is 6.18. The second kappa shape index (κ2) is 6.37. The van der Waals surface area contributed by atoms with Crippen LogP contribution in [0, 0.1) is 0 Å². The molecule has 0 unspecified atom stereocenters. The number of alkyl halides is 3. The zero-order chi connectivity index (χ0) is 15.5. The van der Waals surface area contributed by atoms with Crippen molar-refractivity contribution in [1.82, 2.24) is 0 Å². The molecule has 0 aromatic heterocycles. The maximum absolute atomic E-state index is 12.8. The van der Waals surface area contributed by atoms with E-state index in [1.54, 1.807) is 18.2 Å². The minimum atomic E-state index is -4.42. The molecule has 0 aliphatic carbocycles. The van der Waals surface area contributed by atoms with Crippen LogP contribution in [0.25, 0.3) is 0 Å². The molecular formula is C15H13ClF3NO. The SMILES string of the molecule is NCc1cc(OCc2ccccc2Cl)ccc1C(F)(F)F. The number of rotatable bonds is 4. The lowest BCUT2D eigenvalue weighted by molar-refractivity contribution is -0.138. The molecule has 112 valence electrons. The molecule has 0 aliphatic heterocycles. The fourth-order valence-corrected chi connectivity index (χ4v) is 2.07. The van der Waals surface area contributed by atoms with Crippen molar-refractivity contribution in [1.29, 1.82) is 0 Å². The summed E-state index contributed by atoms with van der Waals surface area (Å²) in [6.45, 7) is -0.0345. The van der Waals surface area contributed by atoms with Gasteiger partial charge in [0.25, 0.3) is 0 Å². The highest BCUT2D eigenvalue weighted by Crippen LogP contribution is 2.33. The lowest BCUT2D eigenvalue weighted by atomic mass is 10.1. The average Bonchev–Trinajstić information content (AvgIpc) is 2.45. The van der Waals surface area contributed by atoms with E-state index in [0.29, 0.717) is 10.8 Å². The Morgan fingerprint density at radius 3 is 2.38 bits per heavy atom. The van der Waals surface area contributed by atoms with Crippen molar-refractivity contribution < 1.29 is 17.9 Å². The summed E-state index contributed by atoms with van der Waals surface area (Å²) in [6.07, 6.45) is -4.42. The zero-order valence-corrected chi connectivity index (χ0v) is 11.7. The first-order chi connectivity index (χ1) is 9.91. The molecule has 2 N–H and O–H groups in total. The van der Waals surface area contributed by atoms with Gasteiger partial charge in [-0.3, -0.25) is 0 Å². The fraction of sp³-hybridized carbons (Fsp3) is 0.200. The van der Waals surface area contributed by atoms with E-state index in [-0.39, 0.29) is 18.7 Å². The van der Waals surface area contributed by atoms with E-state index in [1.807, 2.05) is 6.07 Å². The van der Waals surface area contributed by atoms with Crippen LogP contribution in [-0.2, 0) is 19.3 Å². The molecule has 0 saturated carbocycles. The molecule has 2 aromatic carbocycles. The third kappa shape index (κ3) is 3.89. The Bertz CT molecular complexity index is 629. The molecule has 0 atom stereocenters. The van der Waals surface area contributed by atoms with Crippen LogP contribution < -0.4 is 10.5 Å². The number of benzene rings is 2. The van der Waals surface area contributed by atoms with Crippen molar-refractivity contribution in [2.24, 2.45) is 5.73 Å². The van der Waals surface area contributed by atoms with Gasteiger partial charge in [0.05, 0.1) is 5.56 Å². The highest BCUT2D eigenvalue weighted by Gasteiger charge is 2.32. The van der Waals surface area contributed by atoms with Crippen molar-refractivity contribution in [2.75, 3.05) is 0 Å². The quantitative estimate of drug-likeness (QED) is 0.907. The van der Waals surface area contributed by atoms with E-state index < -0.39 is 11.7 Å². The molecule has 21 heavy (non-hydrogen) atoms. The van der Waals surface area contributed by atoms with Crippen LogP contribution in [0.3, 0.4) is 0 Å². The van der Waals surface area contributed by atoms with Crippen LogP contribution in [0.2, 0.25) is 5.02 Å². The summed E-state index contributed by atoms with van der Waals surface area (Å²) in [6, 6.07) is 10.7. The molecule has 2 rings (SSSR count). The van der Waals surface area contributed by atoms with Crippen molar-refractivity contribution in [3.05, 3.63) is 64.2 Å². The third-order valence-corrected chi connectivity index (χ3v) is 3.32. The molecule has 0 bridgehead atoms. The summed E-state index contributed by atoms with van der Waals surface area (Å²) in [7, 11) is 0. The third-order valence-electron chi connectivity index (χ3n) is 2.95. The van der Waals surface area contributed by atoms with Gasteiger partial charge in [0.2, 0.25) is 0 Å². The molecule has 0 aliphatic rings. The standard InChI is InChI=1S/C15H13ClF3NO/c16-14-4-2-1-3-10(14)9-21-12-5-6-13(15(17,18)19)11(7-12)8-20/h1-7H,8-9,20H2. The molecule has 0 amide bonds. The van der Waals surface area contributed by atoms with E-state index in [0.717, 1.165) is 11.6 Å². The summed E-state index contributed by atoms with van der Waals surface area (Å²) >= 11 is 5.99. The highest BCUT2D eigenvalue weighted by atomic mass is 35.5. The first kappa shape index (κ1) is 15.7. The predicted molar refractivity (Wildman–Crippen MR) is 75.1 cm³/mol. The van der Waals surface area contributed by atoms with Gasteiger partial charge in [0, 0.05) is 17.1 Å². The molecule has 0 heterocycles. The van der Waals surface area contributed by atoms with Gasteiger partial charge >= 0.3 is 6.18 Å². The Hall–Kier alpha value is -1.72. The van der Waals surface area contributed by atoms with Gasteiger partial charge in [-0.25, -0.2) is 0 Å². The van der Waals surface area contributed by atoms with Crippen LogP contribution in [0.1, 0.15) is 16.7 Å². The van der Waals surface area contributed by atoms with E-state index >= 15 is 0 Å². The van der Waals surface area contributed by atoms with Gasteiger partial charge in [0.1, 0.15) is 12.4 Å². The molecule has 6 heteroatoms. The average molecular weight is 316 g/mol. The van der Waals surface area contributed by atoms with E-state index in [9.17, 15) is 13.2 Å². The number of ether oxygens (including phenoxy) is 1. The van der Waals surface area contributed by atoms with Crippen molar-refractivity contribution in [2.45, 2.75) is 19.3 Å². The van der Waals surface area contributed by atoms with Gasteiger partial charge < -0.3 is 10.5 Å². The lowest BCUT2D eigenvalue weighted by Crippen LogP contribution is -2.12. The second-order valence-electron chi connectivity index (χ2n) is 4.40. The lowest BCUT2D eigenvalue weighted by Gasteiger charge is -2.14. The van der Waals surface area contributed by atoms with Crippen molar-refractivity contribution in [3.63, 3.8) is 0 Å². The first-order valence-corrected chi connectivity index (χ1v) is 6.56. The topological polar surface area (TPSA) is 35.2 Å². The number of halogens is 4. The summed E-state index contributed by atoms with van der Waals surface area (Å²) in [4.78, 5) is 0. The van der Waals surface area contributed by atoms with Crippen LogP contribution in [0.5, 0.6) is 5.75 Å². The van der Waals surface area contributed by atoms with Gasteiger partial charge in [-0.05, 0) is 29.8 Å². The number of hydrogen-bond acceptors (Lipinski definition) is 2. The normalized spacial score (nSPS) is 11.5. The summed E-state index contributed by atoms with van der Waals surface area (Å²) in [5.41, 5.74) is 5.39. The highest BCUT2D eigenvalue weighted by molar-refractivity contribution is 6.31. The Kier molecular flexibility index (Phi) is 4.75. The van der Waals surface area contributed by atoms with Gasteiger partial charge in [-0.2, -0.15) is 13.2 Å². The summed E-state index contributed by atoms with van der Waals surface area (Å²) in [5.74, 6) is 0.323. The van der Waals surface area contributed by atoms with Gasteiger partial charge in [0.15, 0.2) is 0 Å². The molecule has 0 radical (unpaired) electrons. The smallest absolute Gasteiger partial charge is 0.416 e. The van der Waals surface area contributed by atoms with Crippen molar-refractivity contribution in [3.8, 4) is 5.75 Å². The van der Waals surface area contributed by atoms with Crippen LogP contribution in [0.4, 0.5) is 13.2 Å². The Labute approximate surface area is 125 Å². The van der Waals surface area contributed by atoms with Crippen molar-refractivity contribution >= 4 is 11.6 Å². The maximum Gasteiger partial charge on any atom is 0.416 e. The van der Waals surface area contributed by atoms with Crippen LogP contribution in [-0.4, -0.2) is 0 Å². The van der Waals surface area contributed by atoms with Crippen LogP contribution in [0.15, 0.2) is 42.5 Å². The predicted octanol–water partition coefficient (Wildman–Crippen LogP) is 4.40. The fourth-order valence-electron chi connectivity index (χ4n) is 1.88. The summed E-state index contributed by atoms with van der Waals surface area (Å²) < 4.78 is 43.7. The molecular weight excluding hydrogens is 303 g/mol. The molecule has 2 nitrogen and oxygen atoms in total. The monoisotopic (exact) mass is 315 g/mol. The maximum atomic E-state index is 12.8. The molecule has 0 fully saturated rings. The Balaban J connectivity index is 2.17. The molecule has 0 spiro atoms. The second-order valence-corrected chi connectivity index (χ2v) is 4.81. The Morgan fingerprint density at radius 1 is 1.05 bits per heavy atom. The largest absolute Gasteiger partial charge is 0.489 e. The Morgan fingerprint density at radius 2 is 1.76 bits per heavy atom. The minimum absolute atomic E-state index is 0.000779. The van der Waals surface area contributed by atoms with Gasteiger partial charge in [-0.15, -0.1) is 0 Å². The van der Waals surface area contributed by atoms with E-state index in [1.165, 1.54) is 12.1 Å². The number of hydrogen-bond donors (Lipinski definition) is 1. The van der Waals surface area contributed by atoms with E-state index in [4.69, 9.17) is 22.1 Å². The van der Waals surface area contributed by atoms with E-state index in [2.05, 4.69) is 0 Å². The summed E-state index contributed by atoms with van der Waals surface area (Å²) in [5, 5.41) is 0.545. The molecule has 0 saturated heterocycles. The molecule has 2 aromatic rings. The number of nitrogens with two attached hydrogens (primary N) is 1.